The van der Waals surface area contributed by atoms with E-state index in [0.29, 0.717) is 0 Å². The maximum absolute atomic E-state index is 11.5. The van der Waals surface area contributed by atoms with Gasteiger partial charge in [-0.15, -0.1) is 0 Å². The van der Waals surface area contributed by atoms with Gasteiger partial charge in [-0.05, 0) is 32.1 Å². The monoisotopic (exact) mass is 335 g/mol. The van der Waals surface area contributed by atoms with Crippen LogP contribution in [0.2, 0.25) is 0 Å². The molecule has 0 spiro atoms. The lowest BCUT2D eigenvalue weighted by Crippen LogP contribution is -2.26. The van der Waals surface area contributed by atoms with Gasteiger partial charge in [0, 0.05) is 11.0 Å². The van der Waals surface area contributed by atoms with Crippen LogP contribution in [0.1, 0.15) is 32.1 Å². The van der Waals surface area contributed by atoms with E-state index in [1.807, 2.05) is 4.90 Å². The van der Waals surface area contributed by atoms with Crippen LogP contribution in [0.5, 0.6) is 0 Å². The largest absolute Gasteiger partial charge is 0.443 e. The molecule has 1 unspecified atom stereocenters. The minimum atomic E-state index is -0.127. The topological polar surface area (TPSA) is 29.5 Å². The Hall–Kier alpha value is -0.260. The molecule has 90 valence electrons. The summed E-state index contributed by atoms with van der Waals surface area (Å²) < 4.78 is 6.11. The molecule has 2 rings (SSSR count). The molecule has 1 aliphatic heterocycles. The van der Waals surface area contributed by atoms with E-state index in [4.69, 9.17) is 4.74 Å². The third-order valence-electron chi connectivity index (χ3n) is 3.21. The Balaban J connectivity index is 1.77. The first kappa shape index (κ1) is 12.2. The maximum Gasteiger partial charge on any atom is 0.410 e. The Kier molecular flexibility index (Phi) is 4.49. The third kappa shape index (κ3) is 3.12. The van der Waals surface area contributed by atoms with E-state index in [-0.39, 0.29) is 12.2 Å². The van der Waals surface area contributed by atoms with Crippen LogP contribution in [0, 0.1) is 0 Å². The van der Waals surface area contributed by atoms with Crippen LogP contribution < -0.4 is 0 Å². The summed E-state index contributed by atoms with van der Waals surface area (Å²) in [7, 11) is 0. The first-order chi connectivity index (χ1) is 7.79. The number of carbonyl (C=O) groups excluding carboxylic acids is 1. The van der Waals surface area contributed by atoms with Gasteiger partial charge in [-0.2, -0.15) is 0 Å². The fraction of sp³-hybridized carbons (Fsp3) is 0.750. The number of halogens is 1. The number of hydrogen-bond acceptors (Lipinski definition) is 2. The summed E-state index contributed by atoms with van der Waals surface area (Å²) in [5.41, 5.74) is 1.52. The molecular weight excluding hydrogens is 317 g/mol. The number of cyclic esters (lactones) is 1. The molecule has 2 aliphatic rings. The van der Waals surface area contributed by atoms with Crippen molar-refractivity contribution in [2.24, 2.45) is 0 Å². The van der Waals surface area contributed by atoms with Gasteiger partial charge in [-0.3, -0.25) is 0 Å². The standard InChI is InChI=1S/C12H18INO2/c13-8-11-9-14(12(15)16-11)7-6-10-4-2-1-3-5-10/h4,11H,1-3,5-9H2. The first-order valence-corrected chi connectivity index (χ1v) is 7.51. The highest BCUT2D eigenvalue weighted by molar-refractivity contribution is 14.1. The Bertz CT molecular complexity index is 291. The van der Waals surface area contributed by atoms with Crippen LogP contribution in [0.25, 0.3) is 0 Å². The van der Waals surface area contributed by atoms with E-state index in [1.165, 1.54) is 31.3 Å². The summed E-state index contributed by atoms with van der Waals surface area (Å²) in [6, 6.07) is 0. The molecule has 1 heterocycles. The Morgan fingerprint density at radius 3 is 3.00 bits per heavy atom. The van der Waals surface area contributed by atoms with Gasteiger partial charge in [-0.1, -0.05) is 34.2 Å². The highest BCUT2D eigenvalue weighted by Gasteiger charge is 2.29. The molecule has 4 heteroatoms. The number of hydrogen-bond donors (Lipinski definition) is 0. The molecule has 1 aliphatic carbocycles. The van der Waals surface area contributed by atoms with Crippen molar-refractivity contribution in [2.75, 3.05) is 17.5 Å². The van der Waals surface area contributed by atoms with Gasteiger partial charge in [0.1, 0.15) is 6.10 Å². The molecule has 0 aromatic rings. The fourth-order valence-corrected chi connectivity index (χ4v) is 2.71. The van der Waals surface area contributed by atoms with Crippen molar-refractivity contribution in [1.82, 2.24) is 4.90 Å². The highest BCUT2D eigenvalue weighted by Crippen LogP contribution is 2.21. The summed E-state index contributed by atoms with van der Waals surface area (Å²) in [6.07, 6.45) is 8.43. The smallest absolute Gasteiger partial charge is 0.410 e. The zero-order valence-electron chi connectivity index (χ0n) is 9.45. The van der Waals surface area contributed by atoms with Gasteiger partial charge in [0.2, 0.25) is 0 Å². The molecule has 0 aromatic heterocycles. The molecule has 0 saturated carbocycles. The van der Waals surface area contributed by atoms with E-state index in [9.17, 15) is 4.79 Å². The molecule has 0 bridgehead atoms. The van der Waals surface area contributed by atoms with Crippen LogP contribution in [-0.2, 0) is 4.74 Å². The van der Waals surface area contributed by atoms with E-state index < -0.39 is 0 Å². The van der Waals surface area contributed by atoms with Gasteiger partial charge in [0.15, 0.2) is 0 Å². The zero-order chi connectivity index (χ0) is 11.4. The van der Waals surface area contributed by atoms with Crippen LogP contribution in [-0.4, -0.2) is 34.6 Å². The van der Waals surface area contributed by atoms with E-state index in [0.717, 1.165) is 23.9 Å². The molecule has 16 heavy (non-hydrogen) atoms. The van der Waals surface area contributed by atoms with E-state index in [2.05, 4.69) is 28.7 Å². The van der Waals surface area contributed by atoms with Gasteiger partial charge >= 0.3 is 6.09 Å². The summed E-state index contributed by atoms with van der Waals surface area (Å²) in [6.45, 7) is 1.60. The molecule has 0 radical (unpaired) electrons. The van der Waals surface area contributed by atoms with E-state index in [1.54, 1.807) is 0 Å². The van der Waals surface area contributed by atoms with Gasteiger partial charge in [0.05, 0.1) is 6.54 Å². The predicted molar refractivity (Wildman–Crippen MR) is 71.9 cm³/mol. The molecule has 1 atom stereocenters. The average molecular weight is 335 g/mol. The quantitative estimate of drug-likeness (QED) is 0.449. The second kappa shape index (κ2) is 5.89. The number of ether oxygens (including phenoxy) is 1. The lowest BCUT2D eigenvalue weighted by Gasteiger charge is -2.16. The van der Waals surface area contributed by atoms with Crippen molar-refractivity contribution in [3.63, 3.8) is 0 Å². The molecule has 0 N–H and O–H groups in total. The van der Waals surface area contributed by atoms with Crippen molar-refractivity contribution >= 4 is 28.7 Å². The maximum atomic E-state index is 11.5. The molecule has 1 saturated heterocycles. The third-order valence-corrected chi connectivity index (χ3v) is 4.19. The number of carbonyl (C=O) groups is 1. The van der Waals surface area contributed by atoms with Gasteiger partial charge < -0.3 is 9.64 Å². The molecule has 0 aromatic carbocycles. The molecule has 3 nitrogen and oxygen atoms in total. The Morgan fingerprint density at radius 2 is 2.38 bits per heavy atom. The number of allylic oxidation sites excluding steroid dienone is 1. The summed E-state index contributed by atoms with van der Waals surface area (Å²) in [5, 5.41) is 0. The van der Waals surface area contributed by atoms with Crippen molar-refractivity contribution < 1.29 is 9.53 Å². The Labute approximate surface area is 110 Å². The molecule has 1 fully saturated rings. The number of nitrogens with zero attached hydrogens (tertiary/aromatic N) is 1. The minimum Gasteiger partial charge on any atom is -0.443 e. The Morgan fingerprint density at radius 1 is 1.50 bits per heavy atom. The molecular formula is C12H18INO2. The number of rotatable bonds is 4. The van der Waals surface area contributed by atoms with Crippen molar-refractivity contribution in [1.29, 1.82) is 0 Å². The van der Waals surface area contributed by atoms with Crippen LogP contribution >= 0.6 is 22.6 Å². The lowest BCUT2D eigenvalue weighted by atomic mass is 9.97. The summed E-state index contributed by atoms with van der Waals surface area (Å²) >= 11 is 2.27. The predicted octanol–water partition coefficient (Wildman–Crippen LogP) is 3.13. The van der Waals surface area contributed by atoms with Gasteiger partial charge in [0.25, 0.3) is 0 Å². The van der Waals surface area contributed by atoms with Gasteiger partial charge in [-0.25, -0.2) is 4.79 Å². The average Bonchev–Trinajstić information content (AvgIpc) is 2.69. The van der Waals surface area contributed by atoms with Crippen molar-refractivity contribution in [3.8, 4) is 0 Å². The van der Waals surface area contributed by atoms with Crippen molar-refractivity contribution in [3.05, 3.63) is 11.6 Å². The van der Waals surface area contributed by atoms with E-state index >= 15 is 0 Å². The van der Waals surface area contributed by atoms with Crippen molar-refractivity contribution in [2.45, 2.75) is 38.2 Å². The zero-order valence-corrected chi connectivity index (χ0v) is 11.6. The molecule has 1 amide bonds. The first-order valence-electron chi connectivity index (χ1n) is 5.99. The fourth-order valence-electron chi connectivity index (χ4n) is 2.25. The van der Waals surface area contributed by atoms with Crippen LogP contribution in [0.3, 0.4) is 0 Å². The number of amides is 1. The minimum absolute atomic E-state index is 0.105. The second-order valence-electron chi connectivity index (χ2n) is 4.46. The summed E-state index contributed by atoms with van der Waals surface area (Å²) in [4.78, 5) is 13.3. The normalized spacial score (nSPS) is 25.6. The van der Waals surface area contributed by atoms with Crippen LogP contribution in [0.15, 0.2) is 11.6 Å². The van der Waals surface area contributed by atoms with Crippen LogP contribution in [0.4, 0.5) is 4.79 Å². The lowest BCUT2D eigenvalue weighted by molar-refractivity contribution is 0.140. The number of alkyl halides is 1. The highest BCUT2D eigenvalue weighted by atomic mass is 127. The SMILES string of the molecule is O=C1OC(CI)CN1CCC1=CCCCC1. The second-order valence-corrected chi connectivity index (χ2v) is 5.35. The summed E-state index contributed by atoms with van der Waals surface area (Å²) in [5.74, 6) is 0.